The molecule has 0 spiro atoms. The van der Waals surface area contributed by atoms with Crippen molar-refractivity contribution in [3.63, 3.8) is 0 Å². The van der Waals surface area contributed by atoms with Crippen LogP contribution in [0.2, 0.25) is 0 Å². The zero-order valence-electron chi connectivity index (χ0n) is 14.1. The summed E-state index contributed by atoms with van der Waals surface area (Å²) < 4.78 is 5.92. The van der Waals surface area contributed by atoms with E-state index in [1.54, 1.807) is 0 Å². The average Bonchev–Trinajstić information content (AvgIpc) is 3.02. The van der Waals surface area contributed by atoms with Gasteiger partial charge in [-0.3, -0.25) is 0 Å². The van der Waals surface area contributed by atoms with Gasteiger partial charge >= 0.3 is 0 Å². The van der Waals surface area contributed by atoms with Crippen LogP contribution in [-0.4, -0.2) is 18.1 Å². The van der Waals surface area contributed by atoms with Crippen LogP contribution in [0.25, 0.3) is 10.9 Å². The van der Waals surface area contributed by atoms with E-state index < -0.39 is 0 Å². The first-order chi connectivity index (χ1) is 11.9. The van der Waals surface area contributed by atoms with E-state index in [1.807, 2.05) is 12.3 Å². The molecule has 3 rings (SSSR count). The molecule has 0 aliphatic carbocycles. The average molecular weight is 322 g/mol. The van der Waals surface area contributed by atoms with Crippen molar-refractivity contribution in [3.05, 3.63) is 65.9 Å². The molecule has 0 aliphatic rings. The van der Waals surface area contributed by atoms with Gasteiger partial charge in [-0.05, 0) is 68.0 Å². The van der Waals surface area contributed by atoms with Crippen molar-refractivity contribution in [2.24, 2.45) is 5.73 Å². The number of nitrogens with two attached hydrogens (primary N) is 1. The van der Waals surface area contributed by atoms with Crippen molar-refractivity contribution in [2.45, 2.75) is 32.1 Å². The van der Waals surface area contributed by atoms with Crippen molar-refractivity contribution in [3.8, 4) is 5.75 Å². The Bertz CT molecular complexity index is 749. The van der Waals surface area contributed by atoms with Crippen LogP contribution in [0.4, 0.5) is 0 Å². The van der Waals surface area contributed by atoms with Crippen molar-refractivity contribution >= 4 is 10.9 Å². The van der Waals surface area contributed by atoms with Crippen LogP contribution in [-0.2, 0) is 12.8 Å². The highest BCUT2D eigenvalue weighted by molar-refractivity contribution is 5.84. The predicted molar refractivity (Wildman–Crippen MR) is 101 cm³/mol. The Morgan fingerprint density at radius 2 is 1.79 bits per heavy atom. The number of hydrogen-bond donors (Lipinski definition) is 2. The van der Waals surface area contributed by atoms with E-state index in [2.05, 4.69) is 47.4 Å². The summed E-state index contributed by atoms with van der Waals surface area (Å²) in [5.74, 6) is 0.948. The first kappa shape index (κ1) is 16.6. The van der Waals surface area contributed by atoms with Gasteiger partial charge in [-0.25, -0.2) is 0 Å². The molecule has 3 heteroatoms. The quantitative estimate of drug-likeness (QED) is 0.571. The minimum Gasteiger partial charge on any atom is -0.494 e. The number of fused-ring (bicyclic) bond motifs is 1. The topological polar surface area (TPSA) is 51.0 Å². The summed E-state index contributed by atoms with van der Waals surface area (Å²) in [6.45, 7) is 1.44. The Kier molecular flexibility index (Phi) is 5.91. The number of nitrogens with one attached hydrogen (secondary N) is 1. The van der Waals surface area contributed by atoms with E-state index in [0.29, 0.717) is 6.54 Å². The van der Waals surface area contributed by atoms with Crippen LogP contribution >= 0.6 is 0 Å². The molecular weight excluding hydrogens is 296 g/mol. The highest BCUT2D eigenvalue weighted by Crippen LogP contribution is 2.24. The molecule has 1 heterocycles. The molecule has 0 unspecified atom stereocenters. The van der Waals surface area contributed by atoms with E-state index in [-0.39, 0.29) is 0 Å². The number of ether oxygens (including phenoxy) is 1. The van der Waals surface area contributed by atoms with Crippen LogP contribution in [0, 0.1) is 0 Å². The monoisotopic (exact) mass is 322 g/mol. The van der Waals surface area contributed by atoms with E-state index in [1.165, 1.54) is 29.4 Å². The second-order valence-electron chi connectivity index (χ2n) is 6.20. The zero-order chi connectivity index (χ0) is 16.6. The standard InChI is InChI=1S/C21H26N2O/c22-13-12-18-16-23-21-11-10-19(15-20(18)21)24-14-6-2-5-9-17-7-3-1-4-8-17/h1,3-4,7-8,10-11,15-16,23H,2,5-6,9,12-14,22H2. The summed E-state index contributed by atoms with van der Waals surface area (Å²) in [4.78, 5) is 3.29. The molecule has 1 aromatic heterocycles. The van der Waals surface area contributed by atoms with Gasteiger partial charge in [-0.15, -0.1) is 0 Å². The summed E-state index contributed by atoms with van der Waals surface area (Å²) in [5.41, 5.74) is 9.50. The minimum atomic E-state index is 0.666. The predicted octanol–water partition coefficient (Wildman–Crippen LogP) is 4.46. The van der Waals surface area contributed by atoms with Gasteiger partial charge in [-0.2, -0.15) is 0 Å². The molecule has 0 saturated heterocycles. The maximum Gasteiger partial charge on any atom is 0.120 e. The van der Waals surface area contributed by atoms with Crippen LogP contribution in [0.15, 0.2) is 54.7 Å². The third-order valence-corrected chi connectivity index (χ3v) is 4.37. The molecule has 0 amide bonds. The number of hydrogen-bond acceptors (Lipinski definition) is 2. The SMILES string of the molecule is NCCc1c[nH]c2ccc(OCCCCCc3ccccc3)cc12. The van der Waals surface area contributed by atoms with Crippen LogP contribution in [0.5, 0.6) is 5.75 Å². The Morgan fingerprint density at radius 1 is 0.917 bits per heavy atom. The second kappa shape index (κ2) is 8.55. The summed E-state index contributed by atoms with van der Waals surface area (Å²) in [6.07, 6.45) is 7.59. The molecule has 126 valence electrons. The lowest BCUT2D eigenvalue weighted by Gasteiger charge is -2.07. The lowest BCUT2D eigenvalue weighted by atomic mass is 10.1. The minimum absolute atomic E-state index is 0.666. The first-order valence-corrected chi connectivity index (χ1v) is 8.83. The molecule has 24 heavy (non-hydrogen) atoms. The van der Waals surface area contributed by atoms with Gasteiger partial charge in [0, 0.05) is 17.1 Å². The smallest absolute Gasteiger partial charge is 0.120 e. The number of aromatic nitrogens is 1. The van der Waals surface area contributed by atoms with Gasteiger partial charge in [0.25, 0.3) is 0 Å². The van der Waals surface area contributed by atoms with E-state index in [0.717, 1.165) is 37.1 Å². The van der Waals surface area contributed by atoms with Gasteiger partial charge < -0.3 is 15.5 Å². The molecule has 0 aliphatic heterocycles. The zero-order valence-corrected chi connectivity index (χ0v) is 14.1. The van der Waals surface area contributed by atoms with Crippen molar-refractivity contribution in [2.75, 3.05) is 13.2 Å². The maximum atomic E-state index is 5.92. The molecule has 0 atom stereocenters. The Labute approximate surface area is 143 Å². The van der Waals surface area contributed by atoms with E-state index in [4.69, 9.17) is 10.5 Å². The fourth-order valence-corrected chi connectivity index (χ4v) is 3.05. The lowest BCUT2D eigenvalue weighted by molar-refractivity contribution is 0.305. The maximum absolute atomic E-state index is 5.92. The van der Waals surface area contributed by atoms with Gasteiger partial charge in [0.1, 0.15) is 5.75 Å². The Morgan fingerprint density at radius 3 is 2.62 bits per heavy atom. The Hall–Kier alpha value is -2.26. The molecular formula is C21H26N2O. The van der Waals surface area contributed by atoms with Crippen molar-refractivity contribution < 1.29 is 4.74 Å². The summed E-state index contributed by atoms with van der Waals surface area (Å²) in [6, 6.07) is 16.9. The molecule has 3 nitrogen and oxygen atoms in total. The van der Waals surface area contributed by atoms with Crippen molar-refractivity contribution in [1.82, 2.24) is 4.98 Å². The number of H-pyrrole nitrogens is 1. The van der Waals surface area contributed by atoms with Crippen molar-refractivity contribution in [1.29, 1.82) is 0 Å². The van der Waals surface area contributed by atoms with Crippen LogP contribution in [0.1, 0.15) is 30.4 Å². The summed E-state index contributed by atoms with van der Waals surface area (Å²) >= 11 is 0. The third kappa shape index (κ3) is 4.39. The first-order valence-electron chi connectivity index (χ1n) is 8.83. The molecule has 3 N–H and O–H groups in total. The summed E-state index contributed by atoms with van der Waals surface area (Å²) in [5, 5.41) is 1.22. The number of benzene rings is 2. The number of unbranched alkanes of at least 4 members (excludes halogenated alkanes) is 2. The summed E-state index contributed by atoms with van der Waals surface area (Å²) in [7, 11) is 0. The van der Waals surface area contributed by atoms with Gasteiger partial charge in [0.2, 0.25) is 0 Å². The number of aryl methyl sites for hydroxylation is 1. The molecule has 3 aromatic rings. The normalized spacial score (nSPS) is 11.0. The van der Waals surface area contributed by atoms with Gasteiger partial charge in [0.15, 0.2) is 0 Å². The molecule has 0 radical (unpaired) electrons. The van der Waals surface area contributed by atoms with Crippen LogP contribution in [0.3, 0.4) is 0 Å². The van der Waals surface area contributed by atoms with E-state index in [9.17, 15) is 0 Å². The molecule has 0 bridgehead atoms. The highest BCUT2D eigenvalue weighted by Gasteiger charge is 2.04. The van der Waals surface area contributed by atoms with Crippen LogP contribution < -0.4 is 10.5 Å². The third-order valence-electron chi connectivity index (χ3n) is 4.37. The molecule has 0 saturated carbocycles. The highest BCUT2D eigenvalue weighted by atomic mass is 16.5. The fraction of sp³-hybridized carbons (Fsp3) is 0.333. The van der Waals surface area contributed by atoms with E-state index >= 15 is 0 Å². The lowest BCUT2D eigenvalue weighted by Crippen LogP contribution is -2.02. The van der Waals surface area contributed by atoms with Gasteiger partial charge in [-0.1, -0.05) is 30.3 Å². The Balaban J connectivity index is 1.43. The fourth-order valence-electron chi connectivity index (χ4n) is 3.05. The number of aromatic amines is 1. The molecule has 2 aromatic carbocycles. The largest absolute Gasteiger partial charge is 0.494 e. The second-order valence-corrected chi connectivity index (χ2v) is 6.20. The van der Waals surface area contributed by atoms with Gasteiger partial charge in [0.05, 0.1) is 6.61 Å². The number of rotatable bonds is 9. The molecule has 0 fully saturated rings.